The van der Waals surface area contributed by atoms with Crippen molar-refractivity contribution in [1.82, 2.24) is 4.67 Å². The van der Waals surface area contributed by atoms with E-state index in [9.17, 15) is 9.36 Å². The van der Waals surface area contributed by atoms with Crippen LogP contribution in [0, 0.1) is 11.3 Å². The first-order valence-corrected chi connectivity index (χ1v) is 14.7. The van der Waals surface area contributed by atoms with Gasteiger partial charge in [-0.1, -0.05) is 6.92 Å². The highest BCUT2D eigenvalue weighted by molar-refractivity contribution is 7.63. The molecule has 1 rings (SSSR count). The molecule has 0 amide bonds. The van der Waals surface area contributed by atoms with E-state index in [-0.39, 0.29) is 29.8 Å². The fraction of sp³-hybridized carbons (Fsp3) is 0.900. The fourth-order valence-electron chi connectivity index (χ4n) is 3.62. The second-order valence-electron chi connectivity index (χ2n) is 9.05. The molecule has 0 bridgehead atoms. The molecular formula is C20H39BN2O6P2. The second kappa shape index (κ2) is 12.7. The van der Waals surface area contributed by atoms with Crippen LogP contribution in [0.15, 0.2) is 0 Å². The third-order valence-corrected chi connectivity index (χ3v) is 9.80. The molecule has 0 aromatic rings. The lowest BCUT2D eigenvalue weighted by atomic mass is 9.94. The first kappa shape index (κ1) is 28.6. The van der Waals surface area contributed by atoms with Gasteiger partial charge in [0, 0.05) is 31.1 Å². The molecule has 0 aliphatic carbocycles. The van der Waals surface area contributed by atoms with Crippen molar-refractivity contribution < 1.29 is 27.9 Å². The van der Waals surface area contributed by atoms with Gasteiger partial charge in [-0.3, -0.25) is 4.79 Å². The number of carbonyl (C=O) groups excluding carboxylic acids is 1. The molecule has 1 heterocycles. The predicted molar refractivity (Wildman–Crippen MR) is 126 cm³/mol. The summed E-state index contributed by atoms with van der Waals surface area (Å²) in [5.74, 6) is -0.418. The van der Waals surface area contributed by atoms with E-state index >= 15 is 0 Å². The molecule has 0 aromatic carbocycles. The smallest absolute Gasteiger partial charge is 0.303 e. The fourth-order valence-corrected chi connectivity index (χ4v) is 6.37. The number of carbonyl (C=O) groups is 1. The largest absolute Gasteiger partial charge is 0.459 e. The molecule has 6 atom stereocenters. The van der Waals surface area contributed by atoms with Gasteiger partial charge in [-0.25, -0.2) is 4.67 Å². The third-order valence-electron chi connectivity index (χ3n) is 5.39. The lowest BCUT2D eigenvalue weighted by Gasteiger charge is -2.37. The van der Waals surface area contributed by atoms with Crippen molar-refractivity contribution >= 4 is 29.5 Å². The van der Waals surface area contributed by atoms with Crippen molar-refractivity contribution in [1.29, 1.82) is 5.26 Å². The van der Waals surface area contributed by atoms with Crippen LogP contribution < -0.4 is 0 Å². The van der Waals surface area contributed by atoms with Crippen molar-refractivity contribution in [2.45, 2.75) is 96.4 Å². The van der Waals surface area contributed by atoms with Crippen molar-refractivity contribution in [2.24, 2.45) is 0 Å². The van der Waals surface area contributed by atoms with Crippen LogP contribution in [0.25, 0.3) is 0 Å². The first-order chi connectivity index (χ1) is 14.3. The molecule has 1 aliphatic rings. The zero-order valence-corrected chi connectivity index (χ0v) is 22.2. The van der Waals surface area contributed by atoms with Crippen LogP contribution >= 0.6 is 15.7 Å². The molecular weight excluding hydrogens is 437 g/mol. The summed E-state index contributed by atoms with van der Waals surface area (Å²) < 4.78 is 39.0. The Morgan fingerprint density at radius 3 is 2.32 bits per heavy atom. The normalized spacial score (nSPS) is 24.9. The van der Waals surface area contributed by atoms with Gasteiger partial charge in [0.2, 0.25) is 0 Å². The van der Waals surface area contributed by atoms with Crippen molar-refractivity contribution in [2.75, 3.05) is 19.9 Å². The molecule has 0 saturated carbocycles. The standard InChI is InChI=1S/C20H39BN2O6P2/c1-13(2)23(14(3)4)30(26-11-9-10-22)29-18-12-17(28-20(18)21)19(27-16(6)24)15(5)31(7,8)25/h13-15,17-20H,9,11-12,21H2,1-8H3/t15?,17-,18-,19?,20+,30?/m0/s1. The number of ether oxygens (including phenoxy) is 2. The summed E-state index contributed by atoms with van der Waals surface area (Å²) in [4.78, 5) is 11.7. The Bertz CT molecular complexity index is 661. The average Bonchev–Trinajstić information content (AvgIpc) is 2.98. The summed E-state index contributed by atoms with van der Waals surface area (Å²) >= 11 is 0. The van der Waals surface area contributed by atoms with E-state index in [2.05, 4.69) is 38.4 Å². The predicted octanol–water partition coefficient (Wildman–Crippen LogP) is 3.34. The SMILES string of the molecule is B[C@@H]1O[C@H](C(OC(C)=O)C(C)P(C)(C)=O)C[C@@H]1OP(OCCC#N)N(C(C)C)C(C)C. The Morgan fingerprint density at radius 1 is 1.29 bits per heavy atom. The van der Waals surface area contributed by atoms with Crippen LogP contribution in [0.2, 0.25) is 0 Å². The third kappa shape index (κ3) is 8.76. The molecule has 1 aliphatic heterocycles. The van der Waals surface area contributed by atoms with Gasteiger partial charge in [-0.2, -0.15) is 5.26 Å². The summed E-state index contributed by atoms with van der Waals surface area (Å²) in [5, 5.41) is 8.89. The minimum Gasteiger partial charge on any atom is -0.459 e. The topological polar surface area (TPSA) is 98.1 Å². The summed E-state index contributed by atoms with van der Waals surface area (Å²) in [6.07, 6.45) is -0.481. The Hall–Kier alpha value is -0.475. The van der Waals surface area contributed by atoms with Gasteiger partial charge in [0.05, 0.1) is 44.5 Å². The van der Waals surface area contributed by atoms with Crippen LogP contribution in [0.4, 0.5) is 0 Å². The highest BCUT2D eigenvalue weighted by Crippen LogP contribution is 2.50. The van der Waals surface area contributed by atoms with E-state index < -0.39 is 33.8 Å². The number of nitrogens with zero attached hydrogens (tertiary/aromatic N) is 2. The Balaban J connectivity index is 3.03. The lowest BCUT2D eigenvalue weighted by Crippen LogP contribution is -2.39. The summed E-state index contributed by atoms with van der Waals surface area (Å²) in [5.41, 5.74) is -0.330. The molecule has 8 nitrogen and oxygen atoms in total. The van der Waals surface area contributed by atoms with Gasteiger partial charge in [0.1, 0.15) is 14.0 Å². The molecule has 31 heavy (non-hydrogen) atoms. The van der Waals surface area contributed by atoms with Gasteiger partial charge >= 0.3 is 5.97 Å². The Morgan fingerprint density at radius 2 is 1.87 bits per heavy atom. The molecule has 1 saturated heterocycles. The van der Waals surface area contributed by atoms with E-state index in [1.807, 2.05) is 14.8 Å². The van der Waals surface area contributed by atoms with Crippen LogP contribution in [-0.2, 0) is 27.9 Å². The number of rotatable bonds is 12. The van der Waals surface area contributed by atoms with Crippen LogP contribution in [0.5, 0.6) is 0 Å². The summed E-state index contributed by atoms with van der Waals surface area (Å²) in [7, 11) is -1.99. The molecule has 0 N–H and O–H groups in total. The van der Waals surface area contributed by atoms with Crippen molar-refractivity contribution in [3.63, 3.8) is 0 Å². The molecule has 11 heteroatoms. The average molecular weight is 476 g/mol. The quantitative estimate of drug-likeness (QED) is 0.183. The van der Waals surface area contributed by atoms with Gasteiger partial charge < -0.3 is 23.1 Å². The van der Waals surface area contributed by atoms with Crippen LogP contribution in [0.3, 0.4) is 0 Å². The van der Waals surface area contributed by atoms with E-state index in [4.69, 9.17) is 23.8 Å². The second-order valence-corrected chi connectivity index (χ2v) is 14.1. The maximum absolute atomic E-state index is 12.7. The number of esters is 1. The highest BCUT2D eigenvalue weighted by atomic mass is 31.2. The lowest BCUT2D eigenvalue weighted by molar-refractivity contribution is -0.153. The minimum atomic E-state index is -2.51. The number of hydrogen-bond donors (Lipinski definition) is 0. The Labute approximate surface area is 190 Å². The van der Waals surface area contributed by atoms with Gasteiger partial charge in [0.15, 0.2) is 0 Å². The van der Waals surface area contributed by atoms with E-state index in [1.165, 1.54) is 6.92 Å². The molecule has 178 valence electrons. The molecule has 0 aromatic heterocycles. The molecule has 0 spiro atoms. The van der Waals surface area contributed by atoms with E-state index in [0.29, 0.717) is 19.4 Å². The molecule has 0 radical (unpaired) electrons. The van der Waals surface area contributed by atoms with Crippen LogP contribution in [0.1, 0.15) is 54.4 Å². The van der Waals surface area contributed by atoms with Gasteiger partial charge in [0.25, 0.3) is 8.53 Å². The van der Waals surface area contributed by atoms with Gasteiger partial charge in [-0.05, 0) is 41.0 Å². The minimum absolute atomic E-state index is 0.196. The summed E-state index contributed by atoms with van der Waals surface area (Å²) in [6.45, 7) is 15.2. The van der Waals surface area contributed by atoms with E-state index in [1.54, 1.807) is 13.3 Å². The maximum Gasteiger partial charge on any atom is 0.303 e. The zero-order chi connectivity index (χ0) is 23.9. The van der Waals surface area contributed by atoms with Gasteiger partial charge in [-0.15, -0.1) is 0 Å². The highest BCUT2D eigenvalue weighted by Gasteiger charge is 2.45. The Kier molecular flexibility index (Phi) is 11.7. The van der Waals surface area contributed by atoms with E-state index in [0.717, 1.165) is 0 Å². The maximum atomic E-state index is 12.7. The molecule has 3 unspecified atom stereocenters. The number of nitriles is 1. The van der Waals surface area contributed by atoms with Crippen molar-refractivity contribution in [3.05, 3.63) is 0 Å². The van der Waals surface area contributed by atoms with Crippen LogP contribution in [-0.4, -0.2) is 80.5 Å². The number of hydrogen-bond acceptors (Lipinski definition) is 8. The molecule has 1 fully saturated rings. The monoisotopic (exact) mass is 476 g/mol. The summed E-state index contributed by atoms with van der Waals surface area (Å²) in [6, 6.07) is 2.25. The van der Waals surface area contributed by atoms with Crippen molar-refractivity contribution in [3.8, 4) is 6.07 Å². The first-order valence-electron chi connectivity index (χ1n) is 10.9. The zero-order valence-electron chi connectivity index (χ0n) is 20.4.